The Labute approximate surface area is 166 Å². The third-order valence-corrected chi connectivity index (χ3v) is 3.28. The highest BCUT2D eigenvalue weighted by atomic mass is 19.1. The number of hydrogen-bond acceptors (Lipinski definition) is 7. The minimum atomic E-state index is -1.24. The van der Waals surface area contributed by atoms with Gasteiger partial charge in [0.1, 0.15) is 12.8 Å². The van der Waals surface area contributed by atoms with Crippen molar-refractivity contribution in [2.45, 2.75) is 20.0 Å². The maximum Gasteiger partial charge on any atom is 0.246 e. The molecule has 0 aromatic rings. The van der Waals surface area contributed by atoms with Gasteiger partial charge in [0.05, 0.1) is 59.4 Å². The summed E-state index contributed by atoms with van der Waals surface area (Å²) in [5, 5.41) is 5.15. The second-order valence-electron chi connectivity index (χ2n) is 6.19. The Morgan fingerprint density at radius 3 is 1.93 bits per heavy atom. The number of carbonyl (C=O) groups excluding carboxylic acids is 2. The zero-order chi connectivity index (χ0) is 21.0. The van der Waals surface area contributed by atoms with Crippen molar-refractivity contribution in [2.24, 2.45) is 5.92 Å². The van der Waals surface area contributed by atoms with Gasteiger partial charge in [-0.15, -0.1) is 0 Å². The molecule has 166 valence electrons. The van der Waals surface area contributed by atoms with E-state index < -0.39 is 6.17 Å². The van der Waals surface area contributed by atoms with E-state index >= 15 is 0 Å². The molecule has 0 bridgehead atoms. The Kier molecular flexibility index (Phi) is 18.1. The fourth-order valence-electron chi connectivity index (χ4n) is 1.79. The lowest BCUT2D eigenvalue weighted by Gasteiger charge is -2.12. The van der Waals surface area contributed by atoms with E-state index in [2.05, 4.69) is 15.4 Å². The molecule has 0 aliphatic carbocycles. The number of hydrogen-bond donors (Lipinski definition) is 2. The Balaban J connectivity index is 3.23. The molecule has 0 aliphatic rings. The van der Waals surface area contributed by atoms with Crippen molar-refractivity contribution in [3.05, 3.63) is 0 Å². The third kappa shape index (κ3) is 18.1. The fourth-order valence-corrected chi connectivity index (χ4v) is 1.79. The SMILES string of the molecule is COCC(=O)NCCOCCOCCOCCOCC(F)CNC(=O)C(C)C. The van der Waals surface area contributed by atoms with Crippen molar-refractivity contribution in [3.8, 4) is 0 Å². The van der Waals surface area contributed by atoms with Crippen LogP contribution in [0.4, 0.5) is 4.39 Å². The maximum atomic E-state index is 13.5. The number of ether oxygens (including phenoxy) is 5. The zero-order valence-electron chi connectivity index (χ0n) is 17.2. The van der Waals surface area contributed by atoms with Crippen LogP contribution in [-0.2, 0) is 33.3 Å². The molecular weight excluding hydrogens is 375 g/mol. The average molecular weight is 410 g/mol. The third-order valence-electron chi connectivity index (χ3n) is 3.28. The van der Waals surface area contributed by atoms with E-state index in [9.17, 15) is 14.0 Å². The molecule has 0 rings (SSSR count). The highest BCUT2D eigenvalue weighted by Crippen LogP contribution is 1.94. The van der Waals surface area contributed by atoms with Crippen LogP contribution in [0.15, 0.2) is 0 Å². The number of alkyl halides is 1. The Bertz CT molecular complexity index is 400. The Morgan fingerprint density at radius 1 is 0.857 bits per heavy atom. The van der Waals surface area contributed by atoms with E-state index in [4.69, 9.17) is 18.9 Å². The van der Waals surface area contributed by atoms with Gasteiger partial charge < -0.3 is 34.3 Å². The lowest BCUT2D eigenvalue weighted by Crippen LogP contribution is -2.35. The summed E-state index contributed by atoms with van der Waals surface area (Å²) in [5.41, 5.74) is 0. The molecule has 0 fully saturated rings. The number of rotatable bonds is 19. The van der Waals surface area contributed by atoms with Crippen molar-refractivity contribution >= 4 is 11.8 Å². The number of amides is 2. The molecule has 0 aromatic carbocycles. The van der Waals surface area contributed by atoms with Gasteiger partial charge in [-0.1, -0.05) is 13.8 Å². The summed E-state index contributed by atoms with van der Waals surface area (Å²) in [6.07, 6.45) is -1.24. The van der Waals surface area contributed by atoms with Gasteiger partial charge in [-0.25, -0.2) is 4.39 Å². The first kappa shape index (κ1) is 26.7. The van der Waals surface area contributed by atoms with E-state index in [1.165, 1.54) is 7.11 Å². The van der Waals surface area contributed by atoms with Crippen LogP contribution >= 0.6 is 0 Å². The molecule has 0 heterocycles. The van der Waals surface area contributed by atoms with Crippen LogP contribution in [-0.4, -0.2) is 97.6 Å². The zero-order valence-corrected chi connectivity index (χ0v) is 17.2. The Hall–Kier alpha value is -1.33. The molecule has 0 aliphatic heterocycles. The summed E-state index contributed by atoms with van der Waals surface area (Å²) in [5.74, 6) is -0.516. The first-order valence-electron chi connectivity index (χ1n) is 9.45. The molecule has 0 saturated carbocycles. The molecule has 9 nitrogen and oxygen atoms in total. The van der Waals surface area contributed by atoms with Crippen LogP contribution in [0.2, 0.25) is 0 Å². The molecule has 10 heteroatoms. The quantitative estimate of drug-likeness (QED) is 0.287. The molecule has 0 spiro atoms. The minimum absolute atomic E-state index is 0.0407. The number of methoxy groups -OCH3 is 1. The molecule has 0 saturated heterocycles. The van der Waals surface area contributed by atoms with Crippen molar-refractivity contribution in [1.82, 2.24) is 10.6 Å². The molecule has 0 aromatic heterocycles. The molecule has 2 amide bonds. The highest BCUT2D eigenvalue weighted by Gasteiger charge is 2.11. The minimum Gasteiger partial charge on any atom is -0.377 e. The largest absolute Gasteiger partial charge is 0.377 e. The van der Waals surface area contributed by atoms with Crippen LogP contribution in [0.3, 0.4) is 0 Å². The second-order valence-corrected chi connectivity index (χ2v) is 6.19. The first-order chi connectivity index (χ1) is 13.5. The van der Waals surface area contributed by atoms with Gasteiger partial charge in [-0.2, -0.15) is 0 Å². The maximum absolute atomic E-state index is 13.5. The fraction of sp³-hybridized carbons (Fsp3) is 0.889. The van der Waals surface area contributed by atoms with Gasteiger partial charge in [-0.3, -0.25) is 9.59 Å². The number of carbonyl (C=O) groups is 2. The normalized spacial score (nSPS) is 12.2. The summed E-state index contributed by atoms with van der Waals surface area (Å²) in [6.45, 7) is 6.53. The molecule has 2 N–H and O–H groups in total. The van der Waals surface area contributed by atoms with Crippen molar-refractivity contribution in [1.29, 1.82) is 0 Å². The molecular formula is C18H35FN2O7. The van der Waals surface area contributed by atoms with E-state index in [1.54, 1.807) is 13.8 Å². The summed E-state index contributed by atoms with van der Waals surface area (Å²) < 4.78 is 39.2. The Morgan fingerprint density at radius 2 is 1.39 bits per heavy atom. The van der Waals surface area contributed by atoms with Gasteiger partial charge >= 0.3 is 0 Å². The van der Waals surface area contributed by atoms with Crippen molar-refractivity contribution in [2.75, 3.05) is 79.7 Å². The van der Waals surface area contributed by atoms with Gasteiger partial charge in [0.15, 0.2) is 0 Å². The highest BCUT2D eigenvalue weighted by molar-refractivity contribution is 5.77. The van der Waals surface area contributed by atoms with E-state index in [0.717, 1.165) is 0 Å². The topological polar surface area (TPSA) is 104 Å². The first-order valence-corrected chi connectivity index (χ1v) is 9.45. The number of nitrogens with one attached hydrogen (secondary N) is 2. The van der Waals surface area contributed by atoms with Crippen LogP contribution < -0.4 is 10.6 Å². The van der Waals surface area contributed by atoms with E-state index in [0.29, 0.717) is 46.2 Å². The summed E-state index contributed by atoms with van der Waals surface area (Å²) in [6, 6.07) is 0. The summed E-state index contributed by atoms with van der Waals surface area (Å²) in [4.78, 5) is 22.4. The molecule has 0 radical (unpaired) electrons. The van der Waals surface area contributed by atoms with Crippen LogP contribution in [0, 0.1) is 5.92 Å². The number of halogens is 1. The summed E-state index contributed by atoms with van der Waals surface area (Å²) >= 11 is 0. The standard InChI is InChI=1S/C18H35FN2O7/c1-15(2)18(23)21-12-16(19)13-28-11-10-27-9-8-26-7-6-25-5-4-20-17(22)14-24-3/h15-16H,4-14H2,1-3H3,(H,20,22)(H,21,23). The van der Waals surface area contributed by atoms with Crippen molar-refractivity contribution in [3.63, 3.8) is 0 Å². The predicted molar refractivity (Wildman–Crippen MR) is 101 cm³/mol. The lowest BCUT2D eigenvalue weighted by atomic mass is 10.2. The second kappa shape index (κ2) is 19.0. The van der Waals surface area contributed by atoms with Gasteiger partial charge in [0, 0.05) is 19.6 Å². The van der Waals surface area contributed by atoms with Gasteiger partial charge in [0.2, 0.25) is 11.8 Å². The van der Waals surface area contributed by atoms with Gasteiger partial charge in [0.25, 0.3) is 0 Å². The molecule has 1 unspecified atom stereocenters. The van der Waals surface area contributed by atoms with E-state index in [-0.39, 0.29) is 44.1 Å². The van der Waals surface area contributed by atoms with Crippen LogP contribution in [0.1, 0.15) is 13.8 Å². The monoisotopic (exact) mass is 410 g/mol. The smallest absolute Gasteiger partial charge is 0.246 e. The van der Waals surface area contributed by atoms with E-state index in [1.807, 2.05) is 0 Å². The molecule has 1 atom stereocenters. The lowest BCUT2D eigenvalue weighted by molar-refractivity contribution is -0.125. The predicted octanol–water partition coefficient (Wildman–Crippen LogP) is -0.0743. The van der Waals surface area contributed by atoms with Crippen LogP contribution in [0.25, 0.3) is 0 Å². The van der Waals surface area contributed by atoms with Crippen LogP contribution in [0.5, 0.6) is 0 Å². The van der Waals surface area contributed by atoms with Gasteiger partial charge in [-0.05, 0) is 0 Å². The molecule has 28 heavy (non-hydrogen) atoms. The summed E-state index contributed by atoms with van der Waals surface area (Å²) in [7, 11) is 1.46. The average Bonchev–Trinajstić information content (AvgIpc) is 2.66. The van der Waals surface area contributed by atoms with Crippen molar-refractivity contribution < 1.29 is 37.7 Å².